The Morgan fingerprint density at radius 1 is 1.22 bits per heavy atom. The van der Waals surface area contributed by atoms with E-state index >= 15 is 4.39 Å². The highest BCUT2D eigenvalue weighted by molar-refractivity contribution is 6.33. The summed E-state index contributed by atoms with van der Waals surface area (Å²) in [4.78, 5) is 26.1. The van der Waals surface area contributed by atoms with Crippen molar-refractivity contribution in [3.8, 4) is 17.3 Å². The zero-order chi connectivity index (χ0) is 25.5. The molecule has 8 nitrogen and oxygen atoms in total. The molecule has 1 aromatic carbocycles. The number of carbonyl (C=O) groups is 1. The first kappa shape index (κ1) is 24.8. The number of aromatic amines is 1. The molecule has 3 aromatic rings. The lowest BCUT2D eigenvalue weighted by Gasteiger charge is -2.41. The number of nitrogens with zero attached hydrogens (tertiary/aromatic N) is 3. The van der Waals surface area contributed by atoms with Crippen LogP contribution in [0.4, 0.5) is 10.1 Å². The molecule has 3 heterocycles. The summed E-state index contributed by atoms with van der Waals surface area (Å²) >= 11 is 6.56. The number of fused-ring (bicyclic) bond motifs is 1. The predicted molar refractivity (Wildman–Crippen MR) is 136 cm³/mol. The molecule has 2 aliphatic rings. The largest absolute Gasteiger partial charge is 0.481 e. The van der Waals surface area contributed by atoms with Crippen LogP contribution < -0.4 is 9.64 Å². The second-order valence-electron chi connectivity index (χ2n) is 10.1. The monoisotopic (exact) mass is 516 g/mol. The number of carboxylic acid groups (broad SMARTS) is 1. The molecule has 192 valence electrons. The summed E-state index contributed by atoms with van der Waals surface area (Å²) in [5.74, 6) is -1.13. The number of H-pyrrole nitrogens is 1. The fraction of sp³-hybridized carbons (Fsp3) is 0.500. The fourth-order valence-corrected chi connectivity index (χ4v) is 5.21. The van der Waals surface area contributed by atoms with Gasteiger partial charge in [0.05, 0.1) is 34.9 Å². The van der Waals surface area contributed by atoms with Crippen LogP contribution in [0.5, 0.6) is 6.01 Å². The van der Waals surface area contributed by atoms with Gasteiger partial charge in [-0.25, -0.2) is 9.37 Å². The molecule has 0 radical (unpaired) electrons. The molecule has 2 N–H and O–H groups in total. The van der Waals surface area contributed by atoms with Crippen molar-refractivity contribution in [1.29, 1.82) is 0 Å². The van der Waals surface area contributed by atoms with E-state index in [1.807, 2.05) is 12.1 Å². The van der Waals surface area contributed by atoms with Gasteiger partial charge in [0.2, 0.25) is 0 Å². The molecule has 1 saturated carbocycles. The molecule has 36 heavy (non-hydrogen) atoms. The lowest BCUT2D eigenvalue weighted by molar-refractivity contribution is -0.160. The van der Waals surface area contributed by atoms with Gasteiger partial charge >= 0.3 is 5.97 Å². The van der Waals surface area contributed by atoms with Crippen molar-refractivity contribution >= 4 is 34.4 Å². The smallest absolute Gasteiger partial charge is 0.312 e. The third-order valence-corrected chi connectivity index (χ3v) is 7.87. The summed E-state index contributed by atoms with van der Waals surface area (Å²) < 4.78 is 26.8. The van der Waals surface area contributed by atoms with Gasteiger partial charge in [-0.3, -0.25) is 4.79 Å². The summed E-state index contributed by atoms with van der Waals surface area (Å²) in [7, 11) is 0. The lowest BCUT2D eigenvalue weighted by atomic mass is 9.68. The molecule has 2 fully saturated rings. The van der Waals surface area contributed by atoms with Gasteiger partial charge in [-0.05, 0) is 57.7 Å². The Hall–Kier alpha value is -2.91. The molecular weight excluding hydrogens is 487 g/mol. The summed E-state index contributed by atoms with van der Waals surface area (Å²) in [6.07, 6.45) is 0.775. The number of imidazole rings is 1. The van der Waals surface area contributed by atoms with E-state index in [-0.39, 0.29) is 18.9 Å². The minimum Gasteiger partial charge on any atom is -0.481 e. The number of morpholine rings is 1. The van der Waals surface area contributed by atoms with Crippen LogP contribution in [0.25, 0.3) is 22.4 Å². The van der Waals surface area contributed by atoms with Crippen LogP contribution in [-0.2, 0) is 9.53 Å². The van der Waals surface area contributed by atoms with Gasteiger partial charge in [-0.2, -0.15) is 4.98 Å². The molecular formula is C26H30ClFN4O4. The number of nitrogens with one attached hydrogen (secondary N) is 1. The maximum Gasteiger partial charge on any atom is 0.312 e. The Morgan fingerprint density at radius 3 is 2.53 bits per heavy atom. The molecule has 0 amide bonds. The van der Waals surface area contributed by atoms with Crippen LogP contribution in [0, 0.1) is 5.41 Å². The van der Waals surface area contributed by atoms with Crippen molar-refractivity contribution in [2.75, 3.05) is 31.2 Å². The first-order chi connectivity index (χ1) is 17.2. The van der Waals surface area contributed by atoms with Crippen molar-refractivity contribution in [3.63, 3.8) is 0 Å². The molecule has 2 aromatic heterocycles. The standard InChI is InChI=1S/C26H30ClFN4O4/c1-25(2,23(33)34)26(28)9-7-18(8-10-26)36-24-29-20-15-19(27)21(30-22(20)31-24)16-3-5-17(6-4-16)32-11-13-35-14-12-32/h3-6,15,18H,7-14H2,1-2H3,(H,33,34)(H,29,30,31). The van der Waals surface area contributed by atoms with Crippen LogP contribution in [0.2, 0.25) is 5.02 Å². The number of alkyl halides is 1. The zero-order valence-electron chi connectivity index (χ0n) is 20.4. The number of aliphatic carboxylic acids is 1. The minimum absolute atomic E-state index is 0.117. The van der Waals surface area contributed by atoms with Gasteiger partial charge in [-0.15, -0.1) is 0 Å². The summed E-state index contributed by atoms with van der Waals surface area (Å²) in [5.41, 5.74) is 0.549. The van der Waals surface area contributed by atoms with E-state index < -0.39 is 17.1 Å². The number of hydrogen-bond acceptors (Lipinski definition) is 6. The number of hydrogen-bond donors (Lipinski definition) is 2. The summed E-state index contributed by atoms with van der Waals surface area (Å²) in [6, 6.07) is 10.2. The zero-order valence-corrected chi connectivity index (χ0v) is 21.1. The molecule has 5 rings (SSSR count). The molecule has 0 spiro atoms. The molecule has 0 unspecified atom stereocenters. The minimum atomic E-state index is -1.77. The number of aromatic nitrogens is 3. The molecule has 1 aliphatic heterocycles. The van der Waals surface area contributed by atoms with E-state index in [0.29, 0.717) is 40.7 Å². The number of anilines is 1. The van der Waals surface area contributed by atoms with E-state index in [1.165, 1.54) is 13.8 Å². The summed E-state index contributed by atoms with van der Waals surface area (Å²) in [5, 5.41) is 9.92. The highest BCUT2D eigenvalue weighted by Crippen LogP contribution is 2.46. The maximum absolute atomic E-state index is 15.4. The average molecular weight is 517 g/mol. The fourth-order valence-electron chi connectivity index (χ4n) is 4.95. The summed E-state index contributed by atoms with van der Waals surface area (Å²) in [6.45, 7) is 6.07. The number of rotatable bonds is 6. The number of carboxylic acids is 1. The van der Waals surface area contributed by atoms with Crippen molar-refractivity contribution in [3.05, 3.63) is 35.4 Å². The van der Waals surface area contributed by atoms with E-state index in [1.54, 1.807) is 6.07 Å². The van der Waals surface area contributed by atoms with Crippen LogP contribution in [0.3, 0.4) is 0 Å². The van der Waals surface area contributed by atoms with Gasteiger partial charge < -0.3 is 24.5 Å². The van der Waals surface area contributed by atoms with Crippen molar-refractivity contribution in [2.24, 2.45) is 5.41 Å². The molecule has 0 bridgehead atoms. The van der Waals surface area contributed by atoms with Crippen molar-refractivity contribution in [1.82, 2.24) is 15.0 Å². The Balaban J connectivity index is 1.29. The SMILES string of the molecule is CC(C)(C(=O)O)C1(F)CCC(Oc2nc3nc(-c4ccc(N5CCOCC5)cc4)c(Cl)cc3[nH]2)CC1. The first-order valence-corrected chi connectivity index (χ1v) is 12.6. The molecule has 1 saturated heterocycles. The van der Waals surface area contributed by atoms with Gasteiger partial charge in [-0.1, -0.05) is 23.7 Å². The Labute approximate surface area is 213 Å². The molecule has 10 heteroatoms. The normalized spacial score (nSPS) is 23.1. The number of halogens is 2. The van der Waals surface area contributed by atoms with E-state index in [4.69, 9.17) is 21.1 Å². The van der Waals surface area contributed by atoms with Gasteiger partial charge in [0.25, 0.3) is 6.01 Å². The second-order valence-corrected chi connectivity index (χ2v) is 10.5. The van der Waals surface area contributed by atoms with Crippen molar-refractivity contribution in [2.45, 2.75) is 51.3 Å². The lowest BCUT2D eigenvalue weighted by Crippen LogP contribution is -2.49. The topological polar surface area (TPSA) is 101 Å². The number of ether oxygens (including phenoxy) is 2. The third-order valence-electron chi connectivity index (χ3n) is 7.58. The Bertz CT molecular complexity index is 1250. The quantitative estimate of drug-likeness (QED) is 0.461. The highest BCUT2D eigenvalue weighted by atomic mass is 35.5. The van der Waals surface area contributed by atoms with E-state index in [9.17, 15) is 9.90 Å². The predicted octanol–water partition coefficient (Wildman–Crippen LogP) is 5.26. The van der Waals surface area contributed by atoms with Crippen LogP contribution in [0.1, 0.15) is 39.5 Å². The van der Waals surface area contributed by atoms with Gasteiger partial charge in [0.1, 0.15) is 11.8 Å². The maximum atomic E-state index is 15.4. The highest BCUT2D eigenvalue weighted by Gasteiger charge is 2.52. The van der Waals surface area contributed by atoms with Crippen LogP contribution in [0.15, 0.2) is 30.3 Å². The third kappa shape index (κ3) is 4.62. The van der Waals surface area contributed by atoms with Gasteiger partial charge in [0, 0.05) is 24.3 Å². The first-order valence-electron chi connectivity index (χ1n) is 12.2. The van der Waals surface area contributed by atoms with Gasteiger partial charge in [0.15, 0.2) is 5.65 Å². The second kappa shape index (κ2) is 9.52. The number of benzene rings is 1. The van der Waals surface area contributed by atoms with Crippen molar-refractivity contribution < 1.29 is 23.8 Å². The van der Waals surface area contributed by atoms with E-state index in [2.05, 4.69) is 32.0 Å². The van der Waals surface area contributed by atoms with E-state index in [0.717, 1.165) is 37.6 Å². The van der Waals surface area contributed by atoms with Crippen LogP contribution in [-0.4, -0.2) is 64.1 Å². The average Bonchev–Trinajstić information content (AvgIpc) is 3.26. The molecule has 0 atom stereocenters. The number of pyridine rings is 1. The molecule has 1 aliphatic carbocycles. The Morgan fingerprint density at radius 2 is 1.89 bits per heavy atom. The Kier molecular flexibility index (Phi) is 6.55. The van der Waals surface area contributed by atoms with Crippen LogP contribution >= 0.6 is 11.6 Å².